The van der Waals surface area contributed by atoms with Crippen LogP contribution in [-0.4, -0.2) is 0 Å². The maximum atomic E-state index is 2.27. The smallest absolute Gasteiger partial charge is 0 e. The molecule has 1 heteroatoms. The zero-order valence-electron chi connectivity index (χ0n) is 5.55. The van der Waals surface area contributed by atoms with E-state index in [1.54, 1.807) is 0 Å². The Morgan fingerprint density at radius 3 is 1.00 bits per heavy atom. The maximum Gasteiger partial charge on any atom is 0 e. The van der Waals surface area contributed by atoms with Crippen LogP contribution in [-0.2, 0) is 21.1 Å². The van der Waals surface area contributed by atoms with Crippen LogP contribution in [0.3, 0.4) is 0 Å². The summed E-state index contributed by atoms with van der Waals surface area (Å²) in [5.41, 5.74) is 0. The average molecular weight is 292 g/mol. The molecule has 0 bridgehead atoms. The van der Waals surface area contributed by atoms with Crippen LogP contribution in [0.4, 0.5) is 0 Å². The summed E-state index contributed by atoms with van der Waals surface area (Å²) in [5, 5.41) is 0. The monoisotopic (exact) mass is 292 g/mol. The van der Waals surface area contributed by atoms with Gasteiger partial charge in [0.05, 0.1) is 0 Å². The Morgan fingerprint density at radius 1 is 0.556 bits per heavy atom. The second-order valence-electron chi connectivity index (χ2n) is 2.10. The van der Waals surface area contributed by atoms with Crippen molar-refractivity contribution >= 4 is 0 Å². The van der Waals surface area contributed by atoms with Crippen molar-refractivity contribution in [2.45, 2.75) is 25.7 Å². The Morgan fingerprint density at radius 2 is 0.778 bits per heavy atom. The molecule has 0 aliphatic heterocycles. The summed E-state index contributed by atoms with van der Waals surface area (Å²) in [6, 6.07) is 0. The third kappa shape index (κ3) is 4.66. The molecule has 1 aliphatic rings. The first-order valence-electron chi connectivity index (χ1n) is 3.30. The first-order valence-corrected chi connectivity index (χ1v) is 3.30. The molecule has 1 rings (SSSR count). The van der Waals surface area contributed by atoms with Crippen molar-refractivity contribution in [2.24, 2.45) is 0 Å². The van der Waals surface area contributed by atoms with Crippen molar-refractivity contribution in [1.29, 1.82) is 0 Å². The molecular formula is C8H12W. The molecule has 0 saturated carbocycles. The molecule has 0 N–H and O–H groups in total. The molecule has 50 valence electrons. The van der Waals surface area contributed by atoms with E-state index in [0.717, 1.165) is 0 Å². The van der Waals surface area contributed by atoms with Gasteiger partial charge in [-0.15, -0.1) is 0 Å². The standard InChI is InChI=1S/C8H12.W/c1-2-4-6-8-7-5-3-1;/h1-2,7-8H,3-6H2;. The molecule has 0 aromatic carbocycles. The summed E-state index contributed by atoms with van der Waals surface area (Å²) in [5.74, 6) is 0. The third-order valence-corrected chi connectivity index (χ3v) is 1.33. The fourth-order valence-corrected chi connectivity index (χ4v) is 0.856. The Bertz CT molecular complexity index is 77.1. The first kappa shape index (κ1) is 9.17. The van der Waals surface area contributed by atoms with Crippen LogP contribution in [0.25, 0.3) is 0 Å². The third-order valence-electron chi connectivity index (χ3n) is 1.33. The van der Waals surface area contributed by atoms with Gasteiger partial charge < -0.3 is 0 Å². The molecule has 1 aliphatic carbocycles. The van der Waals surface area contributed by atoms with Crippen molar-refractivity contribution in [2.75, 3.05) is 0 Å². The van der Waals surface area contributed by atoms with Crippen molar-refractivity contribution in [3.05, 3.63) is 24.3 Å². The van der Waals surface area contributed by atoms with Crippen LogP contribution in [0.15, 0.2) is 24.3 Å². The minimum absolute atomic E-state index is 0. The summed E-state index contributed by atoms with van der Waals surface area (Å²) in [7, 11) is 0. The van der Waals surface area contributed by atoms with Gasteiger partial charge in [0.1, 0.15) is 0 Å². The number of rotatable bonds is 0. The molecule has 0 radical (unpaired) electrons. The van der Waals surface area contributed by atoms with E-state index in [1.807, 2.05) is 0 Å². The molecule has 9 heavy (non-hydrogen) atoms. The van der Waals surface area contributed by atoms with Gasteiger partial charge in [-0.1, -0.05) is 24.3 Å². The van der Waals surface area contributed by atoms with E-state index in [4.69, 9.17) is 0 Å². The molecule has 0 aromatic heterocycles. The molecule has 0 atom stereocenters. The van der Waals surface area contributed by atoms with Crippen LogP contribution in [0.2, 0.25) is 0 Å². The van der Waals surface area contributed by atoms with Crippen molar-refractivity contribution < 1.29 is 21.1 Å². The average Bonchev–Trinajstić information content (AvgIpc) is 1.62. The van der Waals surface area contributed by atoms with Gasteiger partial charge in [0, 0.05) is 21.1 Å². The van der Waals surface area contributed by atoms with Gasteiger partial charge in [-0.2, -0.15) is 0 Å². The van der Waals surface area contributed by atoms with Crippen LogP contribution in [0.5, 0.6) is 0 Å². The predicted molar refractivity (Wildman–Crippen MR) is 36.7 cm³/mol. The molecule has 0 spiro atoms. The van der Waals surface area contributed by atoms with Crippen molar-refractivity contribution in [3.8, 4) is 0 Å². The largest absolute Gasteiger partial charge is 0.0882 e. The zero-order valence-corrected chi connectivity index (χ0v) is 8.48. The maximum absolute atomic E-state index is 2.27. The summed E-state index contributed by atoms with van der Waals surface area (Å²) < 4.78 is 0. The summed E-state index contributed by atoms with van der Waals surface area (Å²) >= 11 is 0. The van der Waals surface area contributed by atoms with E-state index in [9.17, 15) is 0 Å². The second-order valence-corrected chi connectivity index (χ2v) is 2.10. The van der Waals surface area contributed by atoms with E-state index in [-0.39, 0.29) is 21.1 Å². The van der Waals surface area contributed by atoms with E-state index in [2.05, 4.69) is 24.3 Å². The van der Waals surface area contributed by atoms with Gasteiger partial charge in [0.25, 0.3) is 0 Å². The summed E-state index contributed by atoms with van der Waals surface area (Å²) in [6.07, 6.45) is 14.0. The minimum atomic E-state index is 0. The molecule has 0 amide bonds. The van der Waals surface area contributed by atoms with E-state index in [1.165, 1.54) is 25.7 Å². The fourth-order valence-electron chi connectivity index (χ4n) is 0.856. The van der Waals surface area contributed by atoms with E-state index < -0.39 is 0 Å². The van der Waals surface area contributed by atoms with E-state index in [0.29, 0.717) is 0 Å². The predicted octanol–water partition coefficient (Wildman–Crippen LogP) is 2.67. The molecule has 0 unspecified atom stereocenters. The number of allylic oxidation sites excluding steroid dienone is 4. The van der Waals surface area contributed by atoms with Gasteiger partial charge in [0.15, 0.2) is 0 Å². The van der Waals surface area contributed by atoms with Crippen LogP contribution in [0.1, 0.15) is 25.7 Å². The van der Waals surface area contributed by atoms with Gasteiger partial charge in [-0.05, 0) is 25.7 Å². The Balaban J connectivity index is 0.000000640. The van der Waals surface area contributed by atoms with Gasteiger partial charge in [0.2, 0.25) is 0 Å². The van der Waals surface area contributed by atoms with Crippen molar-refractivity contribution in [1.82, 2.24) is 0 Å². The zero-order chi connectivity index (χ0) is 5.66. The quantitative estimate of drug-likeness (QED) is 0.602. The Kier molecular flexibility index (Phi) is 6.41. The molecular weight excluding hydrogens is 280 g/mol. The molecule has 0 fully saturated rings. The summed E-state index contributed by atoms with van der Waals surface area (Å²) in [6.45, 7) is 0. The second kappa shape index (κ2) is 6.29. The van der Waals surface area contributed by atoms with Gasteiger partial charge in [-0.3, -0.25) is 0 Å². The molecule has 0 nitrogen and oxygen atoms in total. The fraction of sp³-hybridized carbons (Fsp3) is 0.500. The molecule has 0 aromatic rings. The SMILES string of the molecule is C1=CCCC=CCC1.[W]. The first-order chi connectivity index (χ1) is 4.00. The molecule has 0 saturated heterocycles. The number of hydrogen-bond donors (Lipinski definition) is 0. The Hall–Kier alpha value is 0.168. The van der Waals surface area contributed by atoms with E-state index >= 15 is 0 Å². The Labute approximate surface area is 71.3 Å². The minimum Gasteiger partial charge on any atom is -0.0882 e. The normalized spacial score (nSPS) is 17.8. The topological polar surface area (TPSA) is 0 Å². The summed E-state index contributed by atoms with van der Waals surface area (Å²) in [4.78, 5) is 0. The number of hydrogen-bond acceptors (Lipinski definition) is 0. The van der Waals surface area contributed by atoms with Gasteiger partial charge in [-0.25, -0.2) is 0 Å². The molecule has 0 heterocycles. The van der Waals surface area contributed by atoms with Crippen molar-refractivity contribution in [3.63, 3.8) is 0 Å². The van der Waals surface area contributed by atoms with Crippen LogP contribution in [0, 0.1) is 0 Å². The van der Waals surface area contributed by atoms with Crippen LogP contribution < -0.4 is 0 Å². The van der Waals surface area contributed by atoms with Crippen LogP contribution >= 0.6 is 0 Å². The van der Waals surface area contributed by atoms with Gasteiger partial charge >= 0.3 is 0 Å².